The van der Waals surface area contributed by atoms with Crippen LogP contribution in [0.4, 0.5) is 0 Å². The lowest BCUT2D eigenvalue weighted by atomic mass is 9.97. The SMILES string of the molecule is NC(=S)c1cc2ccccc2c2ccccc12. The molecule has 0 atom stereocenters. The van der Waals surface area contributed by atoms with Gasteiger partial charge in [-0.1, -0.05) is 60.7 Å². The largest absolute Gasteiger partial charge is 0.389 e. The first-order chi connectivity index (χ1) is 8.27. The highest BCUT2D eigenvalue weighted by atomic mass is 32.1. The number of rotatable bonds is 1. The third-order valence-electron chi connectivity index (χ3n) is 3.03. The zero-order valence-electron chi connectivity index (χ0n) is 9.18. The van der Waals surface area contributed by atoms with E-state index in [2.05, 4.69) is 36.4 Å². The van der Waals surface area contributed by atoms with Crippen molar-refractivity contribution in [2.45, 2.75) is 0 Å². The van der Waals surface area contributed by atoms with Crippen molar-refractivity contribution in [3.8, 4) is 0 Å². The lowest BCUT2D eigenvalue weighted by Gasteiger charge is -2.09. The molecule has 2 N–H and O–H groups in total. The molecule has 0 aromatic heterocycles. The van der Waals surface area contributed by atoms with Gasteiger partial charge in [0.25, 0.3) is 0 Å². The molecule has 3 rings (SSSR count). The summed E-state index contributed by atoms with van der Waals surface area (Å²) in [4.78, 5) is 0.451. The normalized spacial score (nSPS) is 10.8. The molecule has 0 spiro atoms. The van der Waals surface area contributed by atoms with Crippen molar-refractivity contribution >= 4 is 38.8 Å². The van der Waals surface area contributed by atoms with E-state index in [0.29, 0.717) is 4.99 Å². The third-order valence-corrected chi connectivity index (χ3v) is 3.25. The molecule has 0 aliphatic carbocycles. The monoisotopic (exact) mass is 237 g/mol. The summed E-state index contributed by atoms with van der Waals surface area (Å²) in [6, 6.07) is 18.6. The molecule has 0 bridgehead atoms. The molecule has 0 saturated heterocycles. The average molecular weight is 237 g/mol. The van der Waals surface area contributed by atoms with Crippen molar-refractivity contribution in [2.75, 3.05) is 0 Å². The van der Waals surface area contributed by atoms with Gasteiger partial charge in [0.1, 0.15) is 4.99 Å². The minimum Gasteiger partial charge on any atom is -0.389 e. The van der Waals surface area contributed by atoms with Crippen LogP contribution in [0.2, 0.25) is 0 Å². The van der Waals surface area contributed by atoms with Gasteiger partial charge in [0.2, 0.25) is 0 Å². The molecule has 0 heterocycles. The van der Waals surface area contributed by atoms with E-state index in [1.807, 2.05) is 18.2 Å². The Hall–Kier alpha value is -1.93. The minimum atomic E-state index is 0.451. The van der Waals surface area contributed by atoms with E-state index in [9.17, 15) is 0 Å². The smallest absolute Gasteiger partial charge is 0.104 e. The molecule has 0 radical (unpaired) electrons. The van der Waals surface area contributed by atoms with Crippen molar-refractivity contribution in [3.05, 3.63) is 60.2 Å². The van der Waals surface area contributed by atoms with Crippen molar-refractivity contribution in [1.82, 2.24) is 0 Å². The standard InChI is InChI=1S/C15H11NS/c16-15(17)14-9-10-5-1-2-6-11(10)12-7-3-4-8-13(12)14/h1-9H,(H2,16,17). The van der Waals surface area contributed by atoms with Crippen LogP contribution in [-0.4, -0.2) is 4.99 Å². The minimum absolute atomic E-state index is 0.451. The molecule has 3 aromatic rings. The van der Waals surface area contributed by atoms with Crippen molar-refractivity contribution in [1.29, 1.82) is 0 Å². The fraction of sp³-hybridized carbons (Fsp3) is 0. The van der Waals surface area contributed by atoms with Gasteiger partial charge in [-0.25, -0.2) is 0 Å². The lowest BCUT2D eigenvalue weighted by Crippen LogP contribution is -2.09. The molecule has 0 aliphatic rings. The third kappa shape index (κ3) is 1.58. The van der Waals surface area contributed by atoms with E-state index >= 15 is 0 Å². The molecule has 0 aliphatic heterocycles. The predicted molar refractivity (Wildman–Crippen MR) is 77.3 cm³/mol. The van der Waals surface area contributed by atoms with E-state index in [0.717, 1.165) is 10.9 Å². The number of benzene rings is 3. The van der Waals surface area contributed by atoms with E-state index in [1.165, 1.54) is 16.2 Å². The highest BCUT2D eigenvalue weighted by Gasteiger charge is 2.07. The van der Waals surface area contributed by atoms with Crippen LogP contribution in [-0.2, 0) is 0 Å². The van der Waals surface area contributed by atoms with Gasteiger partial charge in [-0.2, -0.15) is 0 Å². The van der Waals surface area contributed by atoms with Gasteiger partial charge in [-0.05, 0) is 27.6 Å². The highest BCUT2D eigenvalue weighted by Crippen LogP contribution is 2.28. The maximum absolute atomic E-state index is 5.80. The average Bonchev–Trinajstić information content (AvgIpc) is 2.37. The van der Waals surface area contributed by atoms with E-state index < -0.39 is 0 Å². The molecule has 0 saturated carbocycles. The van der Waals surface area contributed by atoms with Gasteiger partial charge in [-0.15, -0.1) is 0 Å². The van der Waals surface area contributed by atoms with Gasteiger partial charge < -0.3 is 5.73 Å². The molecule has 3 aromatic carbocycles. The van der Waals surface area contributed by atoms with E-state index in [1.54, 1.807) is 0 Å². The highest BCUT2D eigenvalue weighted by molar-refractivity contribution is 7.80. The maximum Gasteiger partial charge on any atom is 0.104 e. The Balaban J connectivity index is 2.59. The summed E-state index contributed by atoms with van der Waals surface area (Å²) in [5.74, 6) is 0. The Morgan fingerprint density at radius 2 is 1.41 bits per heavy atom. The van der Waals surface area contributed by atoms with E-state index in [4.69, 9.17) is 18.0 Å². The maximum atomic E-state index is 5.80. The van der Waals surface area contributed by atoms with Gasteiger partial charge in [0.05, 0.1) is 0 Å². The van der Waals surface area contributed by atoms with Gasteiger partial charge in [-0.3, -0.25) is 0 Å². The van der Waals surface area contributed by atoms with Gasteiger partial charge in [0, 0.05) is 5.56 Å². The molecule has 1 nitrogen and oxygen atoms in total. The van der Waals surface area contributed by atoms with Crippen LogP contribution < -0.4 is 5.73 Å². The molecule has 0 fully saturated rings. The Morgan fingerprint density at radius 1 is 0.824 bits per heavy atom. The summed E-state index contributed by atoms with van der Waals surface area (Å²) >= 11 is 5.13. The summed E-state index contributed by atoms with van der Waals surface area (Å²) in [5, 5.41) is 4.74. The zero-order chi connectivity index (χ0) is 11.8. The van der Waals surface area contributed by atoms with Crippen LogP contribution in [0.25, 0.3) is 21.5 Å². The Bertz CT molecular complexity index is 731. The fourth-order valence-electron chi connectivity index (χ4n) is 2.26. The number of fused-ring (bicyclic) bond motifs is 3. The first-order valence-corrected chi connectivity index (χ1v) is 5.88. The number of hydrogen-bond acceptors (Lipinski definition) is 1. The summed E-state index contributed by atoms with van der Waals surface area (Å²) in [7, 11) is 0. The molecule has 0 unspecified atom stereocenters. The Kier molecular flexibility index (Phi) is 2.30. The van der Waals surface area contributed by atoms with Crippen LogP contribution in [0.5, 0.6) is 0 Å². The van der Waals surface area contributed by atoms with Crippen molar-refractivity contribution in [2.24, 2.45) is 5.73 Å². The molecule has 82 valence electrons. The number of hydrogen-bond donors (Lipinski definition) is 1. The molecular weight excluding hydrogens is 226 g/mol. The van der Waals surface area contributed by atoms with Crippen LogP contribution in [0.1, 0.15) is 5.56 Å². The second kappa shape index (κ2) is 3.82. The first-order valence-electron chi connectivity index (χ1n) is 5.47. The Morgan fingerprint density at radius 3 is 2.12 bits per heavy atom. The molecule has 2 heteroatoms. The molecular formula is C15H11NS. The van der Waals surface area contributed by atoms with Crippen molar-refractivity contribution < 1.29 is 0 Å². The van der Waals surface area contributed by atoms with E-state index in [-0.39, 0.29) is 0 Å². The van der Waals surface area contributed by atoms with Gasteiger partial charge >= 0.3 is 0 Å². The zero-order valence-corrected chi connectivity index (χ0v) is 10.00. The summed E-state index contributed by atoms with van der Waals surface area (Å²) < 4.78 is 0. The summed E-state index contributed by atoms with van der Waals surface area (Å²) in [6.07, 6.45) is 0. The second-order valence-corrected chi connectivity index (χ2v) is 4.49. The first kappa shape index (κ1) is 10.2. The second-order valence-electron chi connectivity index (χ2n) is 4.06. The quantitative estimate of drug-likeness (QED) is 0.516. The Labute approximate surface area is 105 Å². The molecule has 17 heavy (non-hydrogen) atoms. The van der Waals surface area contributed by atoms with Crippen LogP contribution in [0, 0.1) is 0 Å². The summed E-state index contributed by atoms with van der Waals surface area (Å²) in [6.45, 7) is 0. The van der Waals surface area contributed by atoms with Crippen LogP contribution >= 0.6 is 12.2 Å². The predicted octanol–water partition coefficient (Wildman–Crippen LogP) is 3.63. The lowest BCUT2D eigenvalue weighted by molar-refractivity contribution is 1.70. The van der Waals surface area contributed by atoms with Gasteiger partial charge in [0.15, 0.2) is 0 Å². The molecule has 0 amide bonds. The van der Waals surface area contributed by atoms with Crippen molar-refractivity contribution in [3.63, 3.8) is 0 Å². The van der Waals surface area contributed by atoms with Crippen LogP contribution in [0.15, 0.2) is 54.6 Å². The topological polar surface area (TPSA) is 26.0 Å². The number of nitrogens with two attached hydrogens (primary N) is 1. The van der Waals surface area contributed by atoms with Crippen LogP contribution in [0.3, 0.4) is 0 Å². The fourth-order valence-corrected chi connectivity index (χ4v) is 2.43. The number of thiocarbonyl (C=S) groups is 1. The summed E-state index contributed by atoms with van der Waals surface area (Å²) in [5.41, 5.74) is 6.76.